The molecule has 2 aromatic rings. The van der Waals surface area contributed by atoms with Crippen molar-refractivity contribution in [1.82, 2.24) is 14.5 Å². The second-order valence-electron chi connectivity index (χ2n) is 9.07. The summed E-state index contributed by atoms with van der Waals surface area (Å²) in [6.45, 7) is 5.98. The zero-order chi connectivity index (χ0) is 26.9. The lowest BCUT2D eigenvalue weighted by molar-refractivity contribution is -0.140. The standard InChI is InChI=1S/C26H38N4O5S/c1-7-24(26(32)27-17-20(2)3)29(18-21-13-15-23(35-6)16-14-21)25(31)19-30(36(33,34)28(4)5)22-11-9-8-10-12-22/h8-16,20,24H,7,17-19H2,1-6H3,(H,27,32). The van der Waals surface area contributed by atoms with Crippen LogP contribution in [-0.4, -0.2) is 69.8 Å². The van der Waals surface area contributed by atoms with Crippen LogP contribution in [0.3, 0.4) is 0 Å². The Balaban J connectivity index is 2.45. The van der Waals surface area contributed by atoms with E-state index >= 15 is 0 Å². The van der Waals surface area contributed by atoms with Gasteiger partial charge in [-0.25, -0.2) is 4.31 Å². The van der Waals surface area contributed by atoms with Gasteiger partial charge in [-0.2, -0.15) is 12.7 Å². The highest BCUT2D eigenvalue weighted by Gasteiger charge is 2.33. The normalized spacial score (nSPS) is 12.3. The van der Waals surface area contributed by atoms with Crippen molar-refractivity contribution in [2.75, 3.05) is 38.6 Å². The highest BCUT2D eigenvalue weighted by molar-refractivity contribution is 7.90. The van der Waals surface area contributed by atoms with Crippen LogP contribution in [0.15, 0.2) is 54.6 Å². The molecule has 0 aliphatic heterocycles. The van der Waals surface area contributed by atoms with E-state index in [1.54, 1.807) is 49.6 Å². The molecule has 0 aromatic heterocycles. The Labute approximate surface area is 215 Å². The molecule has 0 aliphatic rings. The van der Waals surface area contributed by atoms with Crippen LogP contribution in [0.1, 0.15) is 32.8 Å². The minimum Gasteiger partial charge on any atom is -0.497 e. The number of rotatable bonds is 13. The molecular weight excluding hydrogens is 480 g/mol. The van der Waals surface area contributed by atoms with Gasteiger partial charge in [0.25, 0.3) is 0 Å². The summed E-state index contributed by atoms with van der Waals surface area (Å²) in [5.41, 5.74) is 1.15. The van der Waals surface area contributed by atoms with Gasteiger partial charge in [0.2, 0.25) is 11.8 Å². The smallest absolute Gasteiger partial charge is 0.304 e. The predicted octanol–water partition coefficient (Wildman–Crippen LogP) is 2.89. The van der Waals surface area contributed by atoms with Crippen molar-refractivity contribution in [3.8, 4) is 5.75 Å². The van der Waals surface area contributed by atoms with E-state index in [0.717, 1.165) is 14.2 Å². The van der Waals surface area contributed by atoms with Gasteiger partial charge in [0, 0.05) is 27.2 Å². The number of carbonyl (C=O) groups is 2. The van der Waals surface area contributed by atoms with Crippen molar-refractivity contribution in [3.05, 3.63) is 60.2 Å². The van der Waals surface area contributed by atoms with Gasteiger partial charge in [-0.05, 0) is 42.2 Å². The average molecular weight is 519 g/mol. The number of para-hydroxylation sites is 1. The number of ether oxygens (including phenoxy) is 1. The van der Waals surface area contributed by atoms with Crippen molar-refractivity contribution < 1.29 is 22.7 Å². The lowest BCUT2D eigenvalue weighted by Gasteiger charge is -2.34. The highest BCUT2D eigenvalue weighted by atomic mass is 32.2. The monoisotopic (exact) mass is 518 g/mol. The fourth-order valence-corrected chi connectivity index (χ4v) is 4.64. The van der Waals surface area contributed by atoms with E-state index in [9.17, 15) is 18.0 Å². The van der Waals surface area contributed by atoms with Gasteiger partial charge < -0.3 is 15.0 Å². The maximum absolute atomic E-state index is 13.8. The molecule has 198 valence electrons. The maximum atomic E-state index is 13.8. The van der Waals surface area contributed by atoms with Crippen LogP contribution in [0.25, 0.3) is 0 Å². The Morgan fingerprint density at radius 1 is 1.00 bits per heavy atom. The predicted molar refractivity (Wildman–Crippen MR) is 142 cm³/mol. The molecule has 0 heterocycles. The van der Waals surface area contributed by atoms with Crippen molar-refractivity contribution in [1.29, 1.82) is 0 Å². The van der Waals surface area contributed by atoms with Gasteiger partial charge in [-0.15, -0.1) is 0 Å². The summed E-state index contributed by atoms with van der Waals surface area (Å²) in [6.07, 6.45) is 0.373. The third-order valence-electron chi connectivity index (χ3n) is 5.65. The topological polar surface area (TPSA) is 99.3 Å². The molecule has 0 aliphatic carbocycles. The maximum Gasteiger partial charge on any atom is 0.304 e. The lowest BCUT2D eigenvalue weighted by atomic mass is 10.1. The molecule has 0 radical (unpaired) electrons. The summed E-state index contributed by atoms with van der Waals surface area (Å²) < 4.78 is 33.7. The summed E-state index contributed by atoms with van der Waals surface area (Å²) in [5.74, 6) is 0.170. The van der Waals surface area contributed by atoms with Crippen LogP contribution in [0, 0.1) is 5.92 Å². The lowest BCUT2D eigenvalue weighted by Crippen LogP contribution is -2.53. The van der Waals surface area contributed by atoms with Gasteiger partial charge in [0.1, 0.15) is 18.3 Å². The first-order valence-corrected chi connectivity index (χ1v) is 13.4. The zero-order valence-corrected chi connectivity index (χ0v) is 22.8. The Morgan fingerprint density at radius 2 is 1.61 bits per heavy atom. The molecule has 0 fully saturated rings. The second-order valence-corrected chi connectivity index (χ2v) is 11.1. The minimum absolute atomic E-state index is 0.140. The molecule has 1 unspecified atom stereocenters. The molecule has 0 saturated heterocycles. The van der Waals surface area contributed by atoms with Crippen LogP contribution in [0.2, 0.25) is 0 Å². The summed E-state index contributed by atoms with van der Waals surface area (Å²) in [7, 11) is 0.427. The van der Waals surface area contributed by atoms with E-state index < -0.39 is 28.7 Å². The van der Waals surface area contributed by atoms with Crippen LogP contribution >= 0.6 is 0 Å². The van der Waals surface area contributed by atoms with E-state index in [4.69, 9.17) is 4.74 Å². The van der Waals surface area contributed by atoms with Gasteiger partial charge in [-0.1, -0.05) is 51.1 Å². The molecule has 0 bridgehead atoms. The third kappa shape index (κ3) is 7.69. The Morgan fingerprint density at radius 3 is 2.11 bits per heavy atom. The van der Waals surface area contributed by atoms with E-state index in [2.05, 4.69) is 5.32 Å². The van der Waals surface area contributed by atoms with Gasteiger partial charge in [0.05, 0.1) is 12.8 Å². The fourth-order valence-electron chi connectivity index (χ4n) is 3.58. The van der Waals surface area contributed by atoms with E-state index in [0.29, 0.717) is 24.4 Å². The second kappa shape index (κ2) is 13.3. The SMILES string of the molecule is CCC(C(=O)NCC(C)C)N(Cc1ccc(OC)cc1)C(=O)CN(c1ccccc1)S(=O)(=O)N(C)C. The molecule has 2 amide bonds. The average Bonchev–Trinajstić information content (AvgIpc) is 2.86. The largest absolute Gasteiger partial charge is 0.497 e. The number of nitrogens with one attached hydrogen (secondary N) is 1. The number of nitrogens with zero attached hydrogens (tertiary/aromatic N) is 3. The third-order valence-corrected chi connectivity index (χ3v) is 7.47. The number of hydrogen-bond acceptors (Lipinski definition) is 5. The summed E-state index contributed by atoms with van der Waals surface area (Å²) in [5, 5.41) is 2.91. The Hall–Kier alpha value is -3.11. The molecule has 1 atom stereocenters. The molecule has 9 nitrogen and oxygen atoms in total. The molecule has 10 heteroatoms. The van der Waals surface area contributed by atoms with Crippen LogP contribution in [0.4, 0.5) is 5.69 Å². The molecular formula is C26H38N4O5S. The summed E-state index contributed by atoms with van der Waals surface area (Å²) in [4.78, 5) is 28.3. The summed E-state index contributed by atoms with van der Waals surface area (Å²) >= 11 is 0. The van der Waals surface area contributed by atoms with Crippen LogP contribution < -0.4 is 14.4 Å². The van der Waals surface area contributed by atoms with E-state index in [-0.39, 0.29) is 18.4 Å². The van der Waals surface area contributed by atoms with Crippen LogP contribution in [-0.2, 0) is 26.3 Å². The number of amides is 2. The van der Waals surface area contributed by atoms with Crippen LogP contribution in [0.5, 0.6) is 5.75 Å². The number of benzene rings is 2. The molecule has 2 aromatic carbocycles. The Bertz CT molecular complexity index is 1090. The highest BCUT2D eigenvalue weighted by Crippen LogP contribution is 2.21. The van der Waals surface area contributed by atoms with Gasteiger partial charge in [0.15, 0.2) is 0 Å². The van der Waals surface area contributed by atoms with Crippen molar-refractivity contribution in [3.63, 3.8) is 0 Å². The quantitative estimate of drug-likeness (QED) is 0.440. The first-order valence-electron chi connectivity index (χ1n) is 12.0. The van der Waals surface area contributed by atoms with E-state index in [1.807, 2.05) is 32.9 Å². The Kier molecular flexibility index (Phi) is 10.7. The zero-order valence-electron chi connectivity index (χ0n) is 22.0. The fraction of sp³-hybridized carbons (Fsp3) is 0.462. The molecule has 36 heavy (non-hydrogen) atoms. The molecule has 0 saturated carbocycles. The first-order chi connectivity index (χ1) is 17.0. The number of methoxy groups -OCH3 is 1. The molecule has 2 rings (SSSR count). The van der Waals surface area contributed by atoms with Crippen molar-refractivity contribution >= 4 is 27.7 Å². The van der Waals surface area contributed by atoms with E-state index in [1.165, 1.54) is 19.0 Å². The van der Waals surface area contributed by atoms with Crippen molar-refractivity contribution in [2.24, 2.45) is 5.92 Å². The number of anilines is 1. The number of carbonyl (C=O) groups excluding carboxylic acids is 2. The van der Waals surface area contributed by atoms with Crippen molar-refractivity contribution in [2.45, 2.75) is 39.8 Å². The first kappa shape index (κ1) is 29.1. The summed E-state index contributed by atoms with van der Waals surface area (Å²) in [6, 6.07) is 14.9. The number of hydrogen-bond donors (Lipinski definition) is 1. The van der Waals surface area contributed by atoms with Gasteiger partial charge >= 0.3 is 10.2 Å². The minimum atomic E-state index is -3.97. The molecule has 0 spiro atoms. The van der Waals surface area contributed by atoms with Gasteiger partial charge in [-0.3, -0.25) is 9.59 Å². The molecule has 1 N–H and O–H groups in total.